The summed E-state index contributed by atoms with van der Waals surface area (Å²) in [6.45, 7) is 5.71. The number of pyridine rings is 1. The van der Waals surface area contributed by atoms with Crippen molar-refractivity contribution < 1.29 is 27.5 Å². The number of amides is 1. The van der Waals surface area contributed by atoms with Crippen molar-refractivity contribution in [3.63, 3.8) is 0 Å². The summed E-state index contributed by atoms with van der Waals surface area (Å²) < 4.78 is 40.2. The Balaban J connectivity index is 1.03. The molecule has 1 amide bonds. The molecule has 1 aliphatic carbocycles. The fraction of sp³-hybridized carbons (Fsp3) is 0.400. The van der Waals surface area contributed by atoms with Gasteiger partial charge in [0.05, 0.1) is 46.9 Å². The number of β-amino-alcohol motifs (C(OH)–C–C–N with tert-alkyl or cyclic N) is 1. The van der Waals surface area contributed by atoms with E-state index in [2.05, 4.69) is 20.7 Å². The Labute approximate surface area is 334 Å². The van der Waals surface area contributed by atoms with Crippen LogP contribution in [0.1, 0.15) is 42.5 Å². The van der Waals surface area contributed by atoms with Gasteiger partial charge < -0.3 is 23.7 Å². The minimum absolute atomic E-state index is 0.0550. The topological polar surface area (TPSA) is 204 Å². The number of aliphatic hydroxyl groups excluding tert-OH is 1. The summed E-state index contributed by atoms with van der Waals surface area (Å²) in [6.07, 6.45) is 5.39. The Bertz CT molecular complexity index is 2600. The number of ether oxygens (including phenoxy) is 1. The Kier molecular flexibility index (Phi) is 10.6. The standard InChI is InChI=1S/C40H42ClN9O6S/c1-23-28(5-3-6-29(23)32-18-44-33(40(45-32)55-2)22-49-14-12-26(51)21-49)30-7-4-8-31(34(30)41)39-46-35-36(56-39)25(17-42)20-50(37(35)43)16-15-48-13-11-24(19-48)38(52)47-57(53,54)27-9-10-27/h3-8,18,20,24,26-27,43,51H,9-16,19,21-22H2,1-2H3,(H,47,52)/t24-,26-/m1/s1. The van der Waals surface area contributed by atoms with Crippen molar-refractivity contribution in [3.8, 4) is 45.8 Å². The van der Waals surface area contributed by atoms with Crippen molar-refractivity contribution in [2.24, 2.45) is 5.92 Å². The van der Waals surface area contributed by atoms with Crippen LogP contribution < -0.4 is 14.9 Å². The molecule has 3 aliphatic rings. The van der Waals surface area contributed by atoms with Gasteiger partial charge in [0.2, 0.25) is 27.7 Å². The molecule has 0 spiro atoms. The molecule has 2 aliphatic heterocycles. The number of likely N-dealkylation sites (tertiary alicyclic amines) is 2. The predicted octanol–water partition coefficient (Wildman–Crippen LogP) is 4.24. The van der Waals surface area contributed by atoms with Crippen molar-refractivity contribution in [2.75, 3.05) is 39.8 Å². The van der Waals surface area contributed by atoms with Gasteiger partial charge in [0.1, 0.15) is 17.3 Å². The fourth-order valence-electron chi connectivity index (χ4n) is 7.71. The monoisotopic (exact) mass is 811 g/mol. The van der Waals surface area contributed by atoms with Crippen molar-refractivity contribution in [1.82, 2.24) is 34.0 Å². The molecule has 57 heavy (non-hydrogen) atoms. The molecule has 2 saturated heterocycles. The second-order valence-corrected chi connectivity index (χ2v) is 17.3. The maximum absolute atomic E-state index is 12.7. The van der Waals surface area contributed by atoms with Crippen LogP contribution in [0.5, 0.6) is 5.88 Å². The number of rotatable bonds is 12. The van der Waals surface area contributed by atoms with Crippen molar-refractivity contribution in [1.29, 1.82) is 10.7 Å². The number of benzene rings is 2. The zero-order chi connectivity index (χ0) is 40.0. The number of nitrogens with one attached hydrogen (secondary N) is 2. The molecule has 0 bridgehead atoms. The number of carbonyl (C=O) groups is 1. The molecule has 17 heteroatoms. The van der Waals surface area contributed by atoms with Crippen LogP contribution in [-0.2, 0) is 27.9 Å². The normalized spacial score (nSPS) is 18.9. The minimum atomic E-state index is -3.61. The average molecular weight is 812 g/mol. The summed E-state index contributed by atoms with van der Waals surface area (Å²) >= 11 is 7.14. The predicted molar refractivity (Wildman–Crippen MR) is 211 cm³/mol. The molecule has 2 aromatic carbocycles. The first kappa shape index (κ1) is 38.7. The molecular formula is C40H42ClN9O6S. The molecule has 0 unspecified atom stereocenters. The van der Waals surface area contributed by atoms with Crippen LogP contribution >= 0.6 is 11.6 Å². The van der Waals surface area contributed by atoms with E-state index in [0.29, 0.717) is 86.4 Å². The molecule has 3 fully saturated rings. The highest BCUT2D eigenvalue weighted by atomic mass is 35.5. The van der Waals surface area contributed by atoms with Gasteiger partial charge in [-0.3, -0.25) is 24.8 Å². The number of hydrogen-bond acceptors (Lipinski definition) is 13. The van der Waals surface area contributed by atoms with E-state index in [1.54, 1.807) is 30.1 Å². The molecule has 3 aromatic heterocycles. The minimum Gasteiger partial charge on any atom is -0.480 e. The van der Waals surface area contributed by atoms with Crippen LogP contribution in [0.15, 0.2) is 53.2 Å². The van der Waals surface area contributed by atoms with Crippen molar-refractivity contribution in [3.05, 3.63) is 76.1 Å². The van der Waals surface area contributed by atoms with Crippen LogP contribution in [0.25, 0.3) is 44.9 Å². The third-order valence-electron chi connectivity index (χ3n) is 11.0. The zero-order valence-corrected chi connectivity index (χ0v) is 33.1. The molecule has 1 saturated carbocycles. The second-order valence-electron chi connectivity index (χ2n) is 14.9. The van der Waals surface area contributed by atoms with Gasteiger partial charge in [-0.05, 0) is 56.3 Å². The number of aromatic nitrogens is 4. The summed E-state index contributed by atoms with van der Waals surface area (Å²) in [4.78, 5) is 31.1. The highest BCUT2D eigenvalue weighted by molar-refractivity contribution is 7.90. The fourth-order valence-corrected chi connectivity index (χ4v) is 9.39. The largest absolute Gasteiger partial charge is 0.480 e. The Morgan fingerprint density at radius 1 is 1.05 bits per heavy atom. The zero-order valence-electron chi connectivity index (χ0n) is 31.5. The lowest BCUT2D eigenvalue weighted by molar-refractivity contribution is -0.122. The van der Waals surface area contributed by atoms with Gasteiger partial charge in [-0.2, -0.15) is 5.26 Å². The van der Waals surface area contributed by atoms with E-state index >= 15 is 0 Å². The molecule has 15 nitrogen and oxygen atoms in total. The van der Waals surface area contributed by atoms with E-state index < -0.39 is 27.1 Å². The molecule has 8 rings (SSSR count). The Hall–Kier alpha value is -5.18. The quantitative estimate of drug-likeness (QED) is 0.162. The van der Waals surface area contributed by atoms with Crippen LogP contribution in [0.3, 0.4) is 0 Å². The lowest BCUT2D eigenvalue weighted by Crippen LogP contribution is -2.39. The highest BCUT2D eigenvalue weighted by Crippen LogP contribution is 2.40. The van der Waals surface area contributed by atoms with Gasteiger partial charge in [0, 0.05) is 56.6 Å². The van der Waals surface area contributed by atoms with E-state index in [1.165, 1.54) is 0 Å². The maximum atomic E-state index is 12.7. The van der Waals surface area contributed by atoms with Gasteiger partial charge in [0.25, 0.3) is 0 Å². The lowest BCUT2D eigenvalue weighted by atomic mass is 9.94. The van der Waals surface area contributed by atoms with E-state index in [-0.39, 0.29) is 34.1 Å². The van der Waals surface area contributed by atoms with Crippen LogP contribution in [0.2, 0.25) is 5.02 Å². The van der Waals surface area contributed by atoms with Gasteiger partial charge >= 0.3 is 0 Å². The molecule has 296 valence electrons. The molecule has 2 atom stereocenters. The molecule has 5 aromatic rings. The van der Waals surface area contributed by atoms with Crippen LogP contribution in [0.4, 0.5) is 0 Å². The highest BCUT2D eigenvalue weighted by Gasteiger charge is 2.39. The van der Waals surface area contributed by atoms with Gasteiger partial charge in [-0.1, -0.05) is 41.9 Å². The Morgan fingerprint density at radius 2 is 1.79 bits per heavy atom. The lowest BCUT2D eigenvalue weighted by Gasteiger charge is -2.17. The summed E-state index contributed by atoms with van der Waals surface area (Å²) in [5.74, 6) is -0.316. The summed E-state index contributed by atoms with van der Waals surface area (Å²) in [6, 6.07) is 13.6. The number of nitriles is 1. The number of fused-ring (bicyclic) bond motifs is 1. The van der Waals surface area contributed by atoms with Gasteiger partial charge in [-0.15, -0.1) is 0 Å². The third-order valence-corrected chi connectivity index (χ3v) is 13.3. The SMILES string of the molecule is COc1nc(-c2cccc(-c3cccc(-c4nc5c(=N)n(CCN6CC[C@@H](C(=O)NS(=O)(=O)C7CC7)C6)cc(C#N)c5o4)c3Cl)c2C)cnc1CN1CC[C@@H](O)C1. The number of methoxy groups -OCH3 is 1. The van der Waals surface area contributed by atoms with Crippen molar-refractivity contribution in [2.45, 2.75) is 57.1 Å². The van der Waals surface area contributed by atoms with Crippen LogP contribution in [0, 0.1) is 29.6 Å². The number of hydrogen-bond donors (Lipinski definition) is 3. The number of oxazole rings is 1. The summed E-state index contributed by atoms with van der Waals surface area (Å²) in [5.41, 5.74) is 5.83. The number of halogens is 1. The second kappa shape index (κ2) is 15.6. The first-order valence-corrected chi connectivity index (χ1v) is 20.8. The van der Waals surface area contributed by atoms with Gasteiger partial charge in [0.15, 0.2) is 16.6 Å². The molecule has 3 N–H and O–H groups in total. The first-order valence-electron chi connectivity index (χ1n) is 18.9. The smallest absolute Gasteiger partial charge is 0.237 e. The van der Waals surface area contributed by atoms with E-state index in [0.717, 1.165) is 35.2 Å². The van der Waals surface area contributed by atoms with E-state index in [4.69, 9.17) is 36.1 Å². The Morgan fingerprint density at radius 3 is 2.51 bits per heavy atom. The first-order chi connectivity index (χ1) is 27.4. The van der Waals surface area contributed by atoms with E-state index in [1.807, 2.05) is 42.2 Å². The molecule has 0 radical (unpaired) electrons. The molecular weight excluding hydrogens is 770 g/mol. The number of aliphatic hydroxyl groups is 1. The van der Waals surface area contributed by atoms with E-state index in [9.17, 15) is 23.6 Å². The van der Waals surface area contributed by atoms with Crippen molar-refractivity contribution >= 4 is 38.6 Å². The third kappa shape index (κ3) is 7.77. The summed E-state index contributed by atoms with van der Waals surface area (Å²) in [7, 11) is -2.04. The number of nitrogens with zero attached hydrogens (tertiary/aromatic N) is 7. The van der Waals surface area contributed by atoms with Crippen LogP contribution in [-0.4, -0.2) is 99.9 Å². The summed E-state index contributed by atoms with van der Waals surface area (Å²) in [5, 5.41) is 29.0. The molecule has 5 heterocycles. The average Bonchev–Trinajstić information content (AvgIpc) is 3.59. The maximum Gasteiger partial charge on any atom is 0.237 e. The van der Waals surface area contributed by atoms with Gasteiger partial charge in [-0.25, -0.2) is 18.4 Å². The number of carbonyl (C=O) groups excluding carboxylic acids is 1. The number of sulfonamides is 1.